The molecule has 1 fully saturated rings. The zero-order valence-electron chi connectivity index (χ0n) is 21.1. The quantitative estimate of drug-likeness (QED) is 0.245. The molecule has 1 aliphatic rings. The molecule has 0 aliphatic carbocycles. The van der Waals surface area contributed by atoms with E-state index in [1.165, 1.54) is 43.2 Å². The number of unbranched alkanes of at least 4 members (excludes halogenated alkanes) is 5. The molecule has 4 nitrogen and oxygen atoms in total. The van der Waals surface area contributed by atoms with E-state index in [9.17, 15) is 5.11 Å². The van der Waals surface area contributed by atoms with Crippen LogP contribution in [0.5, 0.6) is 11.5 Å². The molecule has 2 aromatic carbocycles. The van der Waals surface area contributed by atoms with Crippen molar-refractivity contribution in [3.8, 4) is 11.5 Å². The number of aliphatic hydroxyl groups excluding tert-OH is 1. The minimum absolute atomic E-state index is 0.100. The molecule has 0 spiro atoms. The van der Waals surface area contributed by atoms with Crippen LogP contribution in [0, 0.1) is 19.8 Å². The molecule has 186 valence electrons. The maximum absolute atomic E-state index is 10.1. The van der Waals surface area contributed by atoms with E-state index in [1.807, 2.05) is 42.5 Å². The molecule has 1 unspecified atom stereocenters. The van der Waals surface area contributed by atoms with E-state index in [2.05, 4.69) is 39.5 Å². The first-order chi connectivity index (χ1) is 16.5. The number of hydrogen-bond donors (Lipinski definition) is 1. The van der Waals surface area contributed by atoms with Crippen LogP contribution < -0.4 is 9.47 Å². The molecule has 1 aliphatic heterocycles. The summed E-state index contributed by atoms with van der Waals surface area (Å²) in [6.45, 7) is 10.1. The van der Waals surface area contributed by atoms with Crippen LogP contribution in [0.3, 0.4) is 0 Å². The van der Waals surface area contributed by atoms with Crippen molar-refractivity contribution in [1.82, 2.24) is 0 Å². The number of ether oxygens (including phenoxy) is 3. The summed E-state index contributed by atoms with van der Waals surface area (Å²) in [7, 11) is 0. The smallest absolute Gasteiger partial charge is 0.166 e. The van der Waals surface area contributed by atoms with E-state index >= 15 is 0 Å². The summed E-state index contributed by atoms with van der Waals surface area (Å²) in [6, 6.07) is 16.1. The lowest BCUT2D eigenvalue weighted by molar-refractivity contribution is -0.0383. The zero-order chi connectivity index (χ0) is 24.3. The van der Waals surface area contributed by atoms with Crippen LogP contribution in [-0.4, -0.2) is 36.1 Å². The van der Waals surface area contributed by atoms with Gasteiger partial charge in [0.1, 0.15) is 23.7 Å². The zero-order valence-corrected chi connectivity index (χ0v) is 21.1. The fourth-order valence-corrected chi connectivity index (χ4v) is 4.63. The predicted octanol–water partition coefficient (Wildman–Crippen LogP) is 6.81. The monoisotopic (exact) mass is 466 g/mol. The number of aliphatic hydroxyl groups is 1. The lowest BCUT2D eigenvalue weighted by Gasteiger charge is -2.28. The molecule has 4 heteroatoms. The standard InChI is InChI=1S/C30H42O4/c1-5-6-7-8-9-10-11-12-24(4)28-30(33-26-19-15-23(3)16-20-26)29(27(21-31)34-28)32-25-17-13-22(2)14-18-25/h5,13-20,24,27-31H,1,6-12,21H2,2-4H3/t24?,27-,28-,29-,30-/m1/s1. The number of allylic oxidation sites excluding steroid dienone is 1. The Morgan fingerprint density at radius 1 is 0.853 bits per heavy atom. The Balaban J connectivity index is 1.69. The average molecular weight is 467 g/mol. The Kier molecular flexibility index (Phi) is 10.5. The van der Waals surface area contributed by atoms with Gasteiger partial charge >= 0.3 is 0 Å². The van der Waals surface area contributed by atoms with Crippen LogP contribution in [0.4, 0.5) is 0 Å². The molecular weight excluding hydrogens is 424 g/mol. The summed E-state index contributed by atoms with van der Waals surface area (Å²) in [5.41, 5.74) is 2.37. The Labute approximate surface area is 205 Å². The van der Waals surface area contributed by atoms with Crippen molar-refractivity contribution < 1.29 is 19.3 Å². The summed E-state index contributed by atoms with van der Waals surface area (Å²) in [5.74, 6) is 1.86. The molecule has 0 radical (unpaired) electrons. The van der Waals surface area contributed by atoms with Gasteiger partial charge in [0.05, 0.1) is 6.61 Å². The lowest BCUT2D eigenvalue weighted by atomic mass is 9.92. The van der Waals surface area contributed by atoms with Crippen molar-refractivity contribution in [2.24, 2.45) is 5.92 Å². The first kappa shape index (κ1) is 26.3. The molecular formula is C30H42O4. The summed E-state index contributed by atoms with van der Waals surface area (Å²) < 4.78 is 19.3. The second-order valence-electron chi connectivity index (χ2n) is 9.72. The number of hydrogen-bond acceptors (Lipinski definition) is 4. The lowest BCUT2D eigenvalue weighted by Crippen LogP contribution is -2.44. The van der Waals surface area contributed by atoms with Crippen molar-refractivity contribution in [3.63, 3.8) is 0 Å². The number of rotatable bonds is 14. The Morgan fingerprint density at radius 2 is 1.38 bits per heavy atom. The van der Waals surface area contributed by atoms with Crippen molar-refractivity contribution in [3.05, 3.63) is 72.3 Å². The molecule has 1 saturated heterocycles. The summed E-state index contributed by atoms with van der Waals surface area (Å²) >= 11 is 0. The van der Waals surface area contributed by atoms with Crippen LogP contribution in [0.25, 0.3) is 0 Å². The van der Waals surface area contributed by atoms with Gasteiger partial charge in [-0.15, -0.1) is 6.58 Å². The van der Waals surface area contributed by atoms with Crippen LogP contribution in [0.1, 0.15) is 63.0 Å². The summed E-state index contributed by atoms with van der Waals surface area (Å²) in [4.78, 5) is 0. The van der Waals surface area contributed by atoms with Crippen LogP contribution in [-0.2, 0) is 4.74 Å². The normalized spacial score (nSPS) is 22.9. The predicted molar refractivity (Wildman–Crippen MR) is 139 cm³/mol. The largest absolute Gasteiger partial charge is 0.484 e. The van der Waals surface area contributed by atoms with Crippen molar-refractivity contribution >= 4 is 0 Å². The highest BCUT2D eigenvalue weighted by Crippen LogP contribution is 2.35. The van der Waals surface area contributed by atoms with Gasteiger partial charge in [0, 0.05) is 0 Å². The van der Waals surface area contributed by atoms with E-state index in [4.69, 9.17) is 14.2 Å². The van der Waals surface area contributed by atoms with Gasteiger partial charge in [-0.3, -0.25) is 0 Å². The van der Waals surface area contributed by atoms with Gasteiger partial charge in [-0.25, -0.2) is 0 Å². The number of benzene rings is 2. The molecule has 5 atom stereocenters. The topological polar surface area (TPSA) is 47.9 Å². The first-order valence-electron chi connectivity index (χ1n) is 12.9. The second-order valence-corrected chi connectivity index (χ2v) is 9.72. The molecule has 1 heterocycles. The van der Waals surface area contributed by atoms with Gasteiger partial charge < -0.3 is 19.3 Å². The average Bonchev–Trinajstić information content (AvgIpc) is 3.18. The van der Waals surface area contributed by atoms with E-state index in [0.29, 0.717) is 5.92 Å². The Morgan fingerprint density at radius 3 is 1.94 bits per heavy atom. The van der Waals surface area contributed by atoms with Gasteiger partial charge in [0.2, 0.25) is 0 Å². The number of aryl methyl sites for hydroxylation is 2. The van der Waals surface area contributed by atoms with E-state index in [-0.39, 0.29) is 24.9 Å². The van der Waals surface area contributed by atoms with Crippen molar-refractivity contribution in [2.75, 3.05) is 6.61 Å². The van der Waals surface area contributed by atoms with Crippen molar-refractivity contribution in [2.45, 2.75) is 90.1 Å². The Hall–Kier alpha value is -2.30. The first-order valence-corrected chi connectivity index (χ1v) is 12.9. The van der Waals surface area contributed by atoms with Gasteiger partial charge in [-0.05, 0) is 63.3 Å². The minimum atomic E-state index is -0.428. The van der Waals surface area contributed by atoms with Crippen LogP contribution in [0.15, 0.2) is 61.2 Å². The molecule has 0 amide bonds. The highest BCUT2D eigenvalue weighted by atomic mass is 16.6. The molecule has 2 aromatic rings. The molecule has 0 bridgehead atoms. The van der Waals surface area contributed by atoms with Crippen molar-refractivity contribution in [1.29, 1.82) is 0 Å². The highest BCUT2D eigenvalue weighted by molar-refractivity contribution is 5.28. The van der Waals surface area contributed by atoms with Gasteiger partial charge in [-0.2, -0.15) is 0 Å². The summed E-state index contributed by atoms with van der Waals surface area (Å²) in [5, 5.41) is 10.1. The molecule has 34 heavy (non-hydrogen) atoms. The minimum Gasteiger partial charge on any atom is -0.484 e. The molecule has 0 saturated carbocycles. The van der Waals surface area contributed by atoms with Gasteiger partial charge in [0.25, 0.3) is 0 Å². The molecule has 3 rings (SSSR count). The molecule has 0 aromatic heterocycles. The van der Waals surface area contributed by atoms with E-state index in [1.54, 1.807) is 0 Å². The van der Waals surface area contributed by atoms with Gasteiger partial charge in [0.15, 0.2) is 12.2 Å². The SMILES string of the molecule is C=CCCCCCCCC(C)[C@H]1O[C@H](CO)[C@@H](Oc2ccc(C)cc2)[C@@H]1Oc1ccc(C)cc1. The van der Waals surface area contributed by atoms with Gasteiger partial charge in [-0.1, -0.05) is 74.1 Å². The Bertz CT molecular complexity index is 845. The maximum Gasteiger partial charge on any atom is 0.166 e. The third-order valence-electron chi connectivity index (χ3n) is 6.74. The fraction of sp³-hybridized carbons (Fsp3) is 0.533. The third kappa shape index (κ3) is 7.61. The highest BCUT2D eigenvalue weighted by Gasteiger charge is 2.49. The third-order valence-corrected chi connectivity index (χ3v) is 6.74. The van der Waals surface area contributed by atoms with Crippen LogP contribution in [0.2, 0.25) is 0 Å². The maximum atomic E-state index is 10.1. The van der Waals surface area contributed by atoms with Crippen LogP contribution >= 0.6 is 0 Å². The summed E-state index contributed by atoms with van der Waals surface area (Å²) in [6.07, 6.45) is 9.05. The molecule has 1 N–H and O–H groups in total. The van der Waals surface area contributed by atoms with E-state index < -0.39 is 6.10 Å². The second kappa shape index (κ2) is 13.6. The van der Waals surface area contributed by atoms with E-state index in [0.717, 1.165) is 24.3 Å². The fourth-order valence-electron chi connectivity index (χ4n) is 4.63.